The lowest BCUT2D eigenvalue weighted by molar-refractivity contribution is 0.307. The van der Waals surface area contributed by atoms with Gasteiger partial charge in [0.05, 0.1) is 22.1 Å². The van der Waals surface area contributed by atoms with Crippen molar-refractivity contribution in [2.45, 2.75) is 102 Å². The summed E-state index contributed by atoms with van der Waals surface area (Å²) < 4.78 is 19.0. The molecule has 0 N–H and O–H groups in total. The number of hydrogen-bond donors (Lipinski definition) is 0. The Morgan fingerprint density at radius 2 is 1.62 bits per heavy atom. The Balaban J connectivity index is 2.20. The topological polar surface area (TPSA) is 46.3 Å². The zero-order valence-corrected chi connectivity index (χ0v) is 24.0. The van der Waals surface area contributed by atoms with Crippen LogP contribution >= 0.6 is 36.7 Å². The van der Waals surface area contributed by atoms with E-state index in [0.29, 0.717) is 30.9 Å². The van der Waals surface area contributed by atoms with Gasteiger partial charge < -0.3 is 4.74 Å². The molecule has 2 rings (SSSR count). The van der Waals surface area contributed by atoms with E-state index >= 15 is 0 Å². The number of ether oxygens (including phenoxy) is 1. The molecule has 1 fully saturated rings. The van der Waals surface area contributed by atoms with E-state index < -0.39 is 8.56 Å². The standard InChI is InChI=1S/C26H37N3OS3Si/c1-3-5-11-22(10-4-2)24-14-15-26(25(18-24)23-12-7-6-8-13-23)30-16-9-17-34(27-19-31,28-20-32)29-21-33/h14-15,18,22-23H,3-13,16-17H2,1-2H3. The molecule has 1 aliphatic carbocycles. The van der Waals surface area contributed by atoms with Crippen LogP contribution in [0.4, 0.5) is 0 Å². The molecule has 1 aromatic rings. The smallest absolute Gasteiger partial charge is 0.461 e. The third-order valence-electron chi connectivity index (χ3n) is 6.68. The maximum atomic E-state index is 6.35. The van der Waals surface area contributed by atoms with Crippen LogP contribution in [0.1, 0.15) is 107 Å². The minimum absolute atomic E-state index is 0.550. The molecular formula is C26H37N3OS3Si. The highest BCUT2D eigenvalue weighted by Crippen LogP contribution is 2.40. The number of benzene rings is 1. The SMILES string of the molecule is CCCCC(CCC)c1ccc(OCCC[Si](N=C=S)(N=C=S)N=C=S)c(C2CCCCC2)c1. The third kappa shape index (κ3) is 9.01. The van der Waals surface area contributed by atoms with Gasteiger partial charge in [-0.05, 0) is 97.8 Å². The van der Waals surface area contributed by atoms with E-state index in [1.165, 1.54) is 75.3 Å². The number of thiocarbonyl (C=S) groups is 3. The molecule has 184 valence electrons. The molecule has 1 aromatic carbocycles. The fourth-order valence-electron chi connectivity index (χ4n) is 4.92. The lowest BCUT2D eigenvalue weighted by Crippen LogP contribution is -2.28. The molecule has 0 aliphatic heterocycles. The number of isothiocyanates is 3. The van der Waals surface area contributed by atoms with E-state index in [4.69, 9.17) is 41.4 Å². The summed E-state index contributed by atoms with van der Waals surface area (Å²) in [6.07, 6.45) is 13.4. The van der Waals surface area contributed by atoms with E-state index in [1.807, 2.05) is 0 Å². The third-order valence-corrected chi connectivity index (χ3v) is 9.88. The number of rotatable bonds is 15. The summed E-state index contributed by atoms with van der Waals surface area (Å²) in [5.41, 5.74) is 2.87. The minimum Gasteiger partial charge on any atom is -0.493 e. The normalized spacial score (nSPS) is 16.3. The first-order valence-electron chi connectivity index (χ1n) is 12.7. The molecule has 0 amide bonds. The van der Waals surface area contributed by atoms with Crippen LogP contribution in [0.5, 0.6) is 5.75 Å². The van der Waals surface area contributed by atoms with Gasteiger partial charge in [0.15, 0.2) is 0 Å². The molecule has 0 radical (unpaired) electrons. The van der Waals surface area contributed by atoms with Gasteiger partial charge in [-0.25, -0.2) is 14.0 Å². The Labute approximate surface area is 222 Å². The van der Waals surface area contributed by atoms with Crippen molar-refractivity contribution in [3.05, 3.63) is 29.3 Å². The minimum atomic E-state index is -2.88. The van der Waals surface area contributed by atoms with Crippen LogP contribution in [0, 0.1) is 0 Å². The van der Waals surface area contributed by atoms with Crippen LogP contribution in [0.3, 0.4) is 0 Å². The van der Waals surface area contributed by atoms with Crippen LogP contribution in [0.2, 0.25) is 6.04 Å². The summed E-state index contributed by atoms with van der Waals surface area (Å²) in [6, 6.07) is 7.54. The van der Waals surface area contributed by atoms with Crippen LogP contribution < -0.4 is 4.74 Å². The van der Waals surface area contributed by atoms with Gasteiger partial charge in [-0.3, -0.25) is 0 Å². The first-order chi connectivity index (χ1) is 16.6. The number of hydrogen-bond acceptors (Lipinski definition) is 7. The molecule has 1 atom stereocenters. The molecule has 4 nitrogen and oxygen atoms in total. The summed E-state index contributed by atoms with van der Waals surface area (Å²) in [5.74, 6) is 2.24. The molecule has 0 bridgehead atoms. The second kappa shape index (κ2) is 16.3. The zero-order valence-electron chi connectivity index (χ0n) is 20.6. The molecule has 1 unspecified atom stereocenters. The summed E-state index contributed by atoms with van der Waals surface area (Å²) in [6.45, 7) is 5.12. The first kappa shape index (κ1) is 28.9. The average Bonchev–Trinajstić information content (AvgIpc) is 2.85. The predicted octanol–water partition coefficient (Wildman–Crippen LogP) is 8.82. The van der Waals surface area contributed by atoms with Crippen LogP contribution in [0.25, 0.3) is 0 Å². The Bertz CT molecular complexity index is 870. The number of nitrogens with zero attached hydrogens (tertiary/aromatic N) is 3. The molecule has 1 saturated carbocycles. The zero-order chi connectivity index (χ0) is 24.7. The maximum Gasteiger partial charge on any atom is 0.461 e. The highest BCUT2D eigenvalue weighted by molar-refractivity contribution is 7.78. The van der Waals surface area contributed by atoms with Crippen molar-refractivity contribution in [3.63, 3.8) is 0 Å². The molecule has 0 saturated heterocycles. The highest BCUT2D eigenvalue weighted by atomic mass is 32.1. The van der Waals surface area contributed by atoms with Crippen molar-refractivity contribution in [1.82, 2.24) is 0 Å². The summed E-state index contributed by atoms with van der Waals surface area (Å²) >= 11 is 14.4. The van der Waals surface area contributed by atoms with E-state index in [2.05, 4.69) is 61.5 Å². The maximum absolute atomic E-state index is 6.35. The molecule has 34 heavy (non-hydrogen) atoms. The van der Waals surface area contributed by atoms with E-state index in [-0.39, 0.29) is 0 Å². The fourth-order valence-corrected chi connectivity index (χ4v) is 7.77. The first-order valence-corrected chi connectivity index (χ1v) is 15.9. The summed E-state index contributed by atoms with van der Waals surface area (Å²) in [7, 11) is -2.88. The van der Waals surface area contributed by atoms with Gasteiger partial charge in [-0.1, -0.05) is 64.5 Å². The van der Waals surface area contributed by atoms with Gasteiger partial charge >= 0.3 is 8.56 Å². The Kier molecular flexibility index (Phi) is 13.9. The van der Waals surface area contributed by atoms with Crippen molar-refractivity contribution in [1.29, 1.82) is 0 Å². The van der Waals surface area contributed by atoms with Crippen molar-refractivity contribution in [3.8, 4) is 5.75 Å². The summed E-state index contributed by atoms with van der Waals surface area (Å²) in [4.78, 5) is 0. The fraction of sp³-hybridized carbons (Fsp3) is 0.654. The van der Waals surface area contributed by atoms with Gasteiger partial charge in [0.1, 0.15) is 5.75 Å². The average molecular weight is 532 g/mol. The molecular weight excluding hydrogens is 495 g/mol. The molecule has 0 spiro atoms. The van der Waals surface area contributed by atoms with Gasteiger partial charge in [0.25, 0.3) is 0 Å². The lowest BCUT2D eigenvalue weighted by atomic mass is 9.81. The highest BCUT2D eigenvalue weighted by Gasteiger charge is 2.34. The van der Waals surface area contributed by atoms with Crippen LogP contribution in [0.15, 0.2) is 32.2 Å². The Morgan fingerprint density at radius 1 is 0.941 bits per heavy atom. The van der Waals surface area contributed by atoms with Gasteiger partial charge in [0, 0.05) is 6.04 Å². The molecule has 0 heterocycles. The van der Waals surface area contributed by atoms with Crippen LogP contribution in [-0.4, -0.2) is 30.6 Å². The van der Waals surface area contributed by atoms with E-state index in [1.54, 1.807) is 0 Å². The second-order valence-electron chi connectivity index (χ2n) is 9.10. The predicted molar refractivity (Wildman–Crippen MR) is 155 cm³/mol. The van der Waals surface area contributed by atoms with Crippen molar-refractivity contribution >= 4 is 60.7 Å². The lowest BCUT2D eigenvalue weighted by Gasteiger charge is -2.26. The summed E-state index contributed by atoms with van der Waals surface area (Å²) in [5, 5.41) is 7.20. The van der Waals surface area contributed by atoms with E-state index in [0.717, 1.165) is 5.75 Å². The molecule has 1 aliphatic rings. The quantitative estimate of drug-likeness (QED) is 0.0981. The largest absolute Gasteiger partial charge is 0.493 e. The van der Waals surface area contributed by atoms with Crippen molar-refractivity contribution in [2.75, 3.05) is 6.61 Å². The Morgan fingerprint density at radius 3 is 2.21 bits per heavy atom. The van der Waals surface area contributed by atoms with E-state index in [9.17, 15) is 0 Å². The second-order valence-corrected chi connectivity index (χ2v) is 12.4. The Hall–Kier alpha value is -1.36. The monoisotopic (exact) mass is 531 g/mol. The van der Waals surface area contributed by atoms with Crippen molar-refractivity contribution < 1.29 is 4.74 Å². The van der Waals surface area contributed by atoms with Gasteiger partial charge in [-0.2, -0.15) is 0 Å². The van der Waals surface area contributed by atoms with Crippen molar-refractivity contribution in [2.24, 2.45) is 14.0 Å². The number of unbranched alkanes of at least 4 members (excludes halogenated alkanes) is 1. The van der Waals surface area contributed by atoms with Gasteiger partial charge in [0.2, 0.25) is 0 Å². The molecule has 8 heteroatoms. The van der Waals surface area contributed by atoms with Gasteiger partial charge in [-0.15, -0.1) is 0 Å². The van der Waals surface area contributed by atoms with Crippen LogP contribution in [-0.2, 0) is 0 Å². The molecule has 0 aromatic heterocycles.